The van der Waals surface area contributed by atoms with Crippen LogP contribution < -0.4 is 5.73 Å². The summed E-state index contributed by atoms with van der Waals surface area (Å²) in [5.41, 5.74) is 5.32. The summed E-state index contributed by atoms with van der Waals surface area (Å²) in [5, 5.41) is 0. The Morgan fingerprint density at radius 2 is 1.71 bits per heavy atom. The Hall–Kier alpha value is -2.42. The fraction of sp³-hybridized carbons (Fsp3) is 0.684. The molecular formula is C19H32N6O3. The van der Waals surface area contributed by atoms with Crippen LogP contribution in [0.15, 0.2) is 18.7 Å². The monoisotopic (exact) mass is 392 g/mol. The summed E-state index contributed by atoms with van der Waals surface area (Å²) in [6, 6.07) is 0. The van der Waals surface area contributed by atoms with E-state index in [1.165, 1.54) is 29.6 Å². The predicted octanol–water partition coefficient (Wildman–Crippen LogP) is -0.0785. The summed E-state index contributed by atoms with van der Waals surface area (Å²) in [6.07, 6.45) is 9.23. The van der Waals surface area contributed by atoms with Gasteiger partial charge in [-0.05, 0) is 45.3 Å². The molecule has 1 fully saturated rings. The second kappa shape index (κ2) is 11.4. The molecule has 0 unspecified atom stereocenters. The molecule has 156 valence electrons. The van der Waals surface area contributed by atoms with Gasteiger partial charge in [0.1, 0.15) is 0 Å². The van der Waals surface area contributed by atoms with Crippen LogP contribution in [0.1, 0.15) is 32.6 Å². The Morgan fingerprint density at radius 3 is 2.32 bits per heavy atom. The number of nitrogens with zero attached hydrogens (tertiary/aromatic N) is 5. The van der Waals surface area contributed by atoms with Crippen LogP contribution >= 0.6 is 0 Å². The molecule has 1 aliphatic rings. The van der Waals surface area contributed by atoms with Crippen molar-refractivity contribution < 1.29 is 14.4 Å². The van der Waals surface area contributed by atoms with Crippen LogP contribution in [0.25, 0.3) is 0 Å². The Kier molecular flexibility index (Phi) is 8.93. The third-order valence-electron chi connectivity index (χ3n) is 4.98. The maximum atomic E-state index is 12.7. The number of rotatable bonds is 12. The van der Waals surface area contributed by atoms with Gasteiger partial charge >= 0.3 is 0 Å². The second-order valence-corrected chi connectivity index (χ2v) is 7.28. The molecule has 2 heterocycles. The Bertz CT molecular complexity index is 628. The lowest BCUT2D eigenvalue weighted by molar-refractivity contribution is -0.141. The summed E-state index contributed by atoms with van der Waals surface area (Å²) in [7, 11) is 0. The molecular weight excluding hydrogens is 360 g/mol. The van der Waals surface area contributed by atoms with Crippen LogP contribution in [0.4, 0.5) is 0 Å². The summed E-state index contributed by atoms with van der Waals surface area (Å²) in [4.78, 5) is 45.4. The molecule has 0 spiro atoms. The molecule has 9 nitrogen and oxygen atoms in total. The molecule has 1 aromatic rings. The highest BCUT2D eigenvalue weighted by atomic mass is 16.2. The predicted molar refractivity (Wildman–Crippen MR) is 105 cm³/mol. The quantitative estimate of drug-likeness (QED) is 0.536. The second-order valence-electron chi connectivity index (χ2n) is 7.28. The van der Waals surface area contributed by atoms with Crippen LogP contribution in [-0.2, 0) is 20.9 Å². The molecule has 2 rings (SSSR count). The minimum absolute atomic E-state index is 0.0315. The normalized spacial score (nSPS) is 14.2. The zero-order valence-electron chi connectivity index (χ0n) is 16.8. The highest BCUT2D eigenvalue weighted by molar-refractivity contribution is 5.87. The first-order chi connectivity index (χ1) is 13.5. The number of aryl methyl sites for hydroxylation is 1. The van der Waals surface area contributed by atoms with Crippen molar-refractivity contribution in [1.82, 2.24) is 24.3 Å². The van der Waals surface area contributed by atoms with E-state index in [0.29, 0.717) is 19.5 Å². The van der Waals surface area contributed by atoms with Crippen molar-refractivity contribution in [2.75, 3.05) is 45.8 Å². The molecule has 2 N–H and O–H groups in total. The first kappa shape index (κ1) is 21.9. The van der Waals surface area contributed by atoms with E-state index < -0.39 is 5.91 Å². The highest BCUT2D eigenvalue weighted by Gasteiger charge is 2.21. The summed E-state index contributed by atoms with van der Waals surface area (Å²) in [5.74, 6) is -0.933. The van der Waals surface area contributed by atoms with E-state index in [4.69, 9.17) is 5.73 Å². The first-order valence-corrected chi connectivity index (χ1v) is 9.95. The van der Waals surface area contributed by atoms with Gasteiger partial charge in [0, 0.05) is 39.0 Å². The van der Waals surface area contributed by atoms with E-state index in [1.54, 1.807) is 12.5 Å². The van der Waals surface area contributed by atoms with Crippen molar-refractivity contribution >= 4 is 17.7 Å². The topological polar surface area (TPSA) is 105 Å². The van der Waals surface area contributed by atoms with Gasteiger partial charge < -0.3 is 25.0 Å². The van der Waals surface area contributed by atoms with Gasteiger partial charge in [-0.3, -0.25) is 14.4 Å². The van der Waals surface area contributed by atoms with Crippen molar-refractivity contribution in [2.45, 2.75) is 39.2 Å². The highest BCUT2D eigenvalue weighted by Crippen LogP contribution is 2.08. The van der Waals surface area contributed by atoms with Crippen LogP contribution in [0, 0.1) is 0 Å². The molecule has 0 bridgehead atoms. The van der Waals surface area contributed by atoms with Crippen LogP contribution in [0.2, 0.25) is 0 Å². The SMILES string of the molecule is CC(=O)N(CCCn1ccnc1)CC(=O)N(CCCN1CCCC1)CC(N)=O. The van der Waals surface area contributed by atoms with Crippen molar-refractivity contribution in [1.29, 1.82) is 0 Å². The van der Waals surface area contributed by atoms with E-state index in [0.717, 1.165) is 32.6 Å². The molecule has 0 aromatic carbocycles. The lowest BCUT2D eigenvalue weighted by Crippen LogP contribution is -2.46. The zero-order valence-corrected chi connectivity index (χ0v) is 16.8. The maximum Gasteiger partial charge on any atom is 0.242 e. The molecule has 0 saturated carbocycles. The van der Waals surface area contributed by atoms with Gasteiger partial charge in [0.15, 0.2) is 0 Å². The minimum Gasteiger partial charge on any atom is -0.368 e. The van der Waals surface area contributed by atoms with Gasteiger partial charge in [-0.2, -0.15) is 0 Å². The van der Waals surface area contributed by atoms with Crippen LogP contribution in [0.5, 0.6) is 0 Å². The van der Waals surface area contributed by atoms with E-state index >= 15 is 0 Å². The smallest absolute Gasteiger partial charge is 0.242 e. The number of aromatic nitrogens is 2. The minimum atomic E-state index is -0.538. The number of primary amides is 1. The zero-order chi connectivity index (χ0) is 20.4. The molecule has 1 aliphatic heterocycles. The number of nitrogens with two attached hydrogens (primary N) is 1. The maximum absolute atomic E-state index is 12.7. The molecule has 0 atom stereocenters. The lowest BCUT2D eigenvalue weighted by Gasteiger charge is -2.27. The number of amides is 3. The summed E-state index contributed by atoms with van der Waals surface area (Å²) < 4.78 is 1.93. The van der Waals surface area contributed by atoms with Crippen molar-refractivity contribution in [3.05, 3.63) is 18.7 Å². The lowest BCUT2D eigenvalue weighted by atomic mass is 10.3. The van der Waals surface area contributed by atoms with Crippen LogP contribution in [-0.4, -0.2) is 87.8 Å². The van der Waals surface area contributed by atoms with Gasteiger partial charge in [-0.25, -0.2) is 4.98 Å². The molecule has 0 aliphatic carbocycles. The standard InChI is InChI=1S/C19H32N6O3/c1-17(26)24(11-5-10-23-13-6-21-16-23)15-19(28)25(14-18(20)27)12-4-9-22-7-2-3-8-22/h6,13,16H,2-5,7-12,14-15H2,1H3,(H2,20,27). The molecule has 1 aromatic heterocycles. The molecule has 9 heteroatoms. The van der Waals surface area contributed by atoms with Gasteiger partial charge in [0.2, 0.25) is 17.7 Å². The van der Waals surface area contributed by atoms with Crippen molar-refractivity contribution in [3.8, 4) is 0 Å². The number of hydrogen-bond donors (Lipinski definition) is 1. The third kappa shape index (κ3) is 7.67. The number of hydrogen-bond acceptors (Lipinski definition) is 5. The fourth-order valence-electron chi connectivity index (χ4n) is 3.45. The van der Waals surface area contributed by atoms with Gasteiger partial charge in [-0.15, -0.1) is 0 Å². The Labute approximate surface area is 166 Å². The first-order valence-electron chi connectivity index (χ1n) is 9.95. The van der Waals surface area contributed by atoms with Crippen molar-refractivity contribution in [2.24, 2.45) is 5.73 Å². The Balaban J connectivity index is 1.82. The summed E-state index contributed by atoms with van der Waals surface area (Å²) in [6.45, 7) is 6.07. The third-order valence-corrected chi connectivity index (χ3v) is 4.98. The Morgan fingerprint density at radius 1 is 1.04 bits per heavy atom. The average molecular weight is 393 g/mol. The molecule has 28 heavy (non-hydrogen) atoms. The fourth-order valence-corrected chi connectivity index (χ4v) is 3.45. The number of carbonyl (C=O) groups is 3. The largest absolute Gasteiger partial charge is 0.368 e. The average Bonchev–Trinajstić information content (AvgIpc) is 3.33. The number of likely N-dealkylation sites (tertiary alicyclic amines) is 1. The van der Waals surface area contributed by atoms with E-state index in [2.05, 4.69) is 9.88 Å². The van der Waals surface area contributed by atoms with Gasteiger partial charge in [0.25, 0.3) is 0 Å². The van der Waals surface area contributed by atoms with Gasteiger partial charge in [0.05, 0.1) is 19.4 Å². The molecule has 1 saturated heterocycles. The number of imidazole rings is 1. The van der Waals surface area contributed by atoms with E-state index in [1.807, 2.05) is 10.8 Å². The summed E-state index contributed by atoms with van der Waals surface area (Å²) >= 11 is 0. The number of carbonyl (C=O) groups excluding carboxylic acids is 3. The van der Waals surface area contributed by atoms with E-state index in [-0.39, 0.29) is 24.9 Å². The van der Waals surface area contributed by atoms with Crippen molar-refractivity contribution in [3.63, 3.8) is 0 Å². The molecule has 0 radical (unpaired) electrons. The van der Waals surface area contributed by atoms with Gasteiger partial charge in [-0.1, -0.05) is 0 Å². The van der Waals surface area contributed by atoms with E-state index in [9.17, 15) is 14.4 Å². The van der Waals surface area contributed by atoms with Crippen LogP contribution in [0.3, 0.4) is 0 Å². The molecule has 3 amide bonds.